The fraction of sp³-hybridized carbons (Fsp3) is 0.692. The van der Waals surface area contributed by atoms with Crippen molar-refractivity contribution in [1.29, 1.82) is 0 Å². The zero-order valence-electron chi connectivity index (χ0n) is 11.2. The molecule has 2 heterocycles. The van der Waals surface area contributed by atoms with Gasteiger partial charge in [-0.25, -0.2) is 4.98 Å². The molecule has 0 amide bonds. The summed E-state index contributed by atoms with van der Waals surface area (Å²) in [4.78, 5) is 21.0. The lowest BCUT2D eigenvalue weighted by molar-refractivity contribution is -0.142. The van der Waals surface area contributed by atoms with Gasteiger partial charge in [0.05, 0.1) is 0 Å². The van der Waals surface area contributed by atoms with E-state index in [1.165, 1.54) is 0 Å². The molecule has 0 spiro atoms. The molecule has 18 heavy (non-hydrogen) atoms. The first kappa shape index (κ1) is 13.1. The molecule has 100 valence electrons. The number of carbonyl (C=O) groups is 1. The number of H-pyrrole nitrogens is 1. The van der Waals surface area contributed by atoms with E-state index in [-0.39, 0.29) is 0 Å². The molecular weight excluding hydrogens is 230 g/mol. The normalized spacial score (nSPS) is 19.1. The predicted octanol–water partition coefficient (Wildman–Crippen LogP) is 1.58. The fourth-order valence-corrected chi connectivity index (χ4v) is 2.28. The first-order valence-corrected chi connectivity index (χ1v) is 6.38. The van der Waals surface area contributed by atoms with Crippen LogP contribution in [-0.4, -0.2) is 46.1 Å². The van der Waals surface area contributed by atoms with Gasteiger partial charge in [-0.15, -0.1) is 0 Å². The molecule has 0 atom stereocenters. The van der Waals surface area contributed by atoms with Crippen molar-refractivity contribution < 1.29 is 9.90 Å². The lowest BCUT2D eigenvalue weighted by atomic mass is 9.92. The van der Waals surface area contributed by atoms with Gasteiger partial charge < -0.3 is 15.0 Å². The lowest BCUT2D eigenvalue weighted by Crippen LogP contribution is -2.30. The average Bonchev–Trinajstić information content (AvgIpc) is 2.79. The second-order valence-electron chi connectivity index (χ2n) is 5.69. The van der Waals surface area contributed by atoms with Crippen molar-refractivity contribution in [3.63, 3.8) is 0 Å². The van der Waals surface area contributed by atoms with Crippen molar-refractivity contribution in [3.05, 3.63) is 17.7 Å². The summed E-state index contributed by atoms with van der Waals surface area (Å²) in [5.74, 6) is 0.169. The van der Waals surface area contributed by atoms with Crippen LogP contribution in [0, 0.1) is 0 Å². The quantitative estimate of drug-likeness (QED) is 0.855. The number of aromatic amines is 1. The summed E-state index contributed by atoms with van der Waals surface area (Å²) < 4.78 is 0. The van der Waals surface area contributed by atoms with Crippen molar-refractivity contribution in [2.75, 3.05) is 20.1 Å². The Balaban J connectivity index is 2.13. The Hall–Kier alpha value is -1.36. The van der Waals surface area contributed by atoms with Crippen LogP contribution >= 0.6 is 0 Å². The number of imidazole rings is 1. The molecule has 1 aliphatic heterocycles. The van der Waals surface area contributed by atoms with Crippen LogP contribution in [0.3, 0.4) is 0 Å². The summed E-state index contributed by atoms with van der Waals surface area (Å²) in [5.41, 5.74) is 0.122. The van der Waals surface area contributed by atoms with Gasteiger partial charge in [-0.05, 0) is 46.8 Å². The highest BCUT2D eigenvalue weighted by Gasteiger charge is 2.33. The third-order valence-electron chi connectivity index (χ3n) is 3.88. The minimum atomic E-state index is -0.955. The van der Waals surface area contributed by atoms with E-state index >= 15 is 0 Å². The molecule has 1 aromatic heterocycles. The number of nitrogens with one attached hydrogen (secondary N) is 1. The van der Waals surface area contributed by atoms with Gasteiger partial charge >= 0.3 is 5.97 Å². The molecule has 2 rings (SSSR count). The Morgan fingerprint density at radius 3 is 2.67 bits per heavy atom. The second-order valence-corrected chi connectivity index (χ2v) is 5.69. The second kappa shape index (κ2) is 4.72. The van der Waals surface area contributed by atoms with Crippen molar-refractivity contribution in [2.45, 2.75) is 38.0 Å². The summed E-state index contributed by atoms with van der Waals surface area (Å²) in [5, 5.41) is 9.18. The Morgan fingerprint density at radius 1 is 1.50 bits per heavy atom. The van der Waals surface area contributed by atoms with Gasteiger partial charge in [0.1, 0.15) is 11.2 Å². The van der Waals surface area contributed by atoms with Gasteiger partial charge in [-0.2, -0.15) is 0 Å². The van der Waals surface area contributed by atoms with E-state index in [2.05, 4.69) is 21.9 Å². The van der Waals surface area contributed by atoms with E-state index in [1.54, 1.807) is 20.0 Å². The Morgan fingerprint density at radius 2 is 2.11 bits per heavy atom. The Kier molecular flexibility index (Phi) is 3.43. The predicted molar refractivity (Wildman–Crippen MR) is 68.7 cm³/mol. The highest BCUT2D eigenvalue weighted by molar-refractivity contribution is 5.78. The molecule has 1 fully saturated rings. The van der Waals surface area contributed by atoms with Crippen molar-refractivity contribution in [2.24, 2.45) is 0 Å². The van der Waals surface area contributed by atoms with Gasteiger partial charge in [-0.3, -0.25) is 4.79 Å². The van der Waals surface area contributed by atoms with Crippen LogP contribution in [0.1, 0.15) is 44.1 Å². The molecule has 5 nitrogen and oxygen atoms in total. The summed E-state index contributed by atoms with van der Waals surface area (Å²) in [6.07, 6.45) is 4.01. The van der Waals surface area contributed by atoms with E-state index in [9.17, 15) is 9.90 Å². The first-order chi connectivity index (χ1) is 8.41. The molecule has 0 aliphatic carbocycles. The number of hydrogen-bond acceptors (Lipinski definition) is 3. The monoisotopic (exact) mass is 251 g/mol. The van der Waals surface area contributed by atoms with E-state index in [0.29, 0.717) is 11.7 Å². The van der Waals surface area contributed by atoms with Crippen LogP contribution in [0.25, 0.3) is 0 Å². The molecular formula is C13H21N3O2. The smallest absolute Gasteiger partial charge is 0.316 e. The van der Waals surface area contributed by atoms with Crippen LogP contribution in [0.15, 0.2) is 6.20 Å². The number of carboxylic acid groups (broad SMARTS) is 1. The van der Waals surface area contributed by atoms with Crippen molar-refractivity contribution in [3.8, 4) is 0 Å². The maximum Gasteiger partial charge on any atom is 0.316 e. The zero-order valence-corrected chi connectivity index (χ0v) is 11.2. The van der Waals surface area contributed by atoms with Crippen LogP contribution in [0.4, 0.5) is 0 Å². The van der Waals surface area contributed by atoms with E-state index in [1.807, 2.05) is 0 Å². The molecule has 5 heteroatoms. The van der Waals surface area contributed by atoms with E-state index in [0.717, 1.165) is 31.6 Å². The molecule has 1 aromatic rings. The SMILES string of the molecule is CN1CCC(c2cnc(C(C)(C)C(=O)O)[nH]2)CC1. The first-order valence-electron chi connectivity index (χ1n) is 6.38. The van der Waals surface area contributed by atoms with Gasteiger partial charge in [0, 0.05) is 17.8 Å². The molecule has 0 radical (unpaired) electrons. The van der Waals surface area contributed by atoms with Crippen LogP contribution in [-0.2, 0) is 10.2 Å². The maximum absolute atomic E-state index is 11.2. The number of aromatic nitrogens is 2. The Bertz CT molecular complexity index is 431. The minimum absolute atomic E-state index is 0.479. The Labute approximate surface area is 107 Å². The van der Waals surface area contributed by atoms with Crippen molar-refractivity contribution >= 4 is 5.97 Å². The molecule has 0 unspecified atom stereocenters. The molecule has 0 aromatic carbocycles. The standard InChI is InChI=1S/C13H21N3O2/c1-13(2,12(17)18)11-14-8-10(15-11)9-4-6-16(3)7-5-9/h8-9H,4-7H2,1-3H3,(H,14,15)(H,17,18). The summed E-state index contributed by atoms with van der Waals surface area (Å²) in [6.45, 7) is 5.52. The number of aliphatic carboxylic acids is 1. The molecule has 1 saturated heterocycles. The summed E-state index contributed by atoms with van der Waals surface area (Å²) in [7, 11) is 2.13. The number of piperidine rings is 1. The third-order valence-corrected chi connectivity index (χ3v) is 3.88. The zero-order chi connectivity index (χ0) is 13.3. The fourth-order valence-electron chi connectivity index (χ4n) is 2.28. The third kappa shape index (κ3) is 2.41. The number of nitrogens with zero attached hydrogens (tertiary/aromatic N) is 2. The highest BCUT2D eigenvalue weighted by Crippen LogP contribution is 2.28. The number of likely N-dealkylation sites (tertiary alicyclic amines) is 1. The van der Waals surface area contributed by atoms with Crippen molar-refractivity contribution in [1.82, 2.24) is 14.9 Å². The topological polar surface area (TPSA) is 69.2 Å². The maximum atomic E-state index is 11.2. The van der Waals surface area contributed by atoms with Gasteiger partial charge in [-0.1, -0.05) is 0 Å². The minimum Gasteiger partial charge on any atom is -0.481 e. The molecule has 0 saturated carbocycles. The van der Waals surface area contributed by atoms with E-state index in [4.69, 9.17) is 0 Å². The molecule has 0 bridgehead atoms. The summed E-state index contributed by atoms with van der Waals surface area (Å²) in [6, 6.07) is 0. The highest BCUT2D eigenvalue weighted by atomic mass is 16.4. The van der Waals surface area contributed by atoms with Crippen LogP contribution in [0.2, 0.25) is 0 Å². The average molecular weight is 251 g/mol. The van der Waals surface area contributed by atoms with Crippen LogP contribution < -0.4 is 0 Å². The van der Waals surface area contributed by atoms with Gasteiger partial charge in [0.2, 0.25) is 0 Å². The largest absolute Gasteiger partial charge is 0.481 e. The molecule has 2 N–H and O–H groups in total. The van der Waals surface area contributed by atoms with Crippen LogP contribution in [0.5, 0.6) is 0 Å². The summed E-state index contributed by atoms with van der Waals surface area (Å²) >= 11 is 0. The lowest BCUT2D eigenvalue weighted by Gasteiger charge is -2.28. The molecule has 1 aliphatic rings. The van der Waals surface area contributed by atoms with Gasteiger partial charge in [0.25, 0.3) is 0 Å². The number of hydrogen-bond donors (Lipinski definition) is 2. The number of carboxylic acids is 1. The number of rotatable bonds is 3. The van der Waals surface area contributed by atoms with Gasteiger partial charge in [0.15, 0.2) is 0 Å². The van der Waals surface area contributed by atoms with E-state index < -0.39 is 11.4 Å².